The molecule has 0 atom stereocenters. The zero-order valence-electron chi connectivity index (χ0n) is 24.2. The maximum atomic E-state index is 3.94. The molecule has 0 bridgehead atoms. The third kappa shape index (κ3) is 4.17. The standard InChI is InChI=1S/C36H38Si2/c1-8-38(9-2,10-3)18-16-28-35-21-31-25(6)13-11-23(4)29(31)19-33(35)27(15-17-37)34-20-30-24(5)12-14-26(7)32(30)22-36(28)34/h11-14,19-22H,8-10H2,1-7,37H3. The largest absolute Gasteiger partial charge is 0.138 e. The van der Waals surface area contributed by atoms with E-state index < -0.39 is 8.07 Å². The van der Waals surface area contributed by atoms with Gasteiger partial charge in [0.2, 0.25) is 0 Å². The molecule has 0 aliphatic rings. The molecule has 190 valence electrons. The van der Waals surface area contributed by atoms with Gasteiger partial charge >= 0.3 is 0 Å². The summed E-state index contributed by atoms with van der Waals surface area (Å²) >= 11 is 0. The van der Waals surface area contributed by atoms with Crippen molar-refractivity contribution < 1.29 is 0 Å². The Morgan fingerprint density at radius 1 is 0.526 bits per heavy atom. The molecule has 0 heterocycles. The zero-order valence-corrected chi connectivity index (χ0v) is 27.2. The van der Waals surface area contributed by atoms with Crippen LogP contribution in [0.25, 0.3) is 43.1 Å². The van der Waals surface area contributed by atoms with Crippen molar-refractivity contribution in [2.24, 2.45) is 0 Å². The Kier molecular flexibility index (Phi) is 7.00. The van der Waals surface area contributed by atoms with Crippen LogP contribution >= 0.6 is 0 Å². The molecular formula is C36H38Si2. The third-order valence-corrected chi connectivity index (χ3v) is 14.0. The second-order valence-electron chi connectivity index (χ2n) is 11.0. The molecule has 5 aromatic carbocycles. The van der Waals surface area contributed by atoms with Gasteiger partial charge in [-0.3, -0.25) is 0 Å². The second kappa shape index (κ2) is 10.1. The number of aryl methyl sites for hydroxylation is 4. The molecule has 38 heavy (non-hydrogen) atoms. The highest BCUT2D eigenvalue weighted by atomic mass is 28.3. The molecule has 0 aliphatic carbocycles. The zero-order chi connectivity index (χ0) is 27.2. The maximum absolute atomic E-state index is 3.94. The van der Waals surface area contributed by atoms with Gasteiger partial charge in [0.25, 0.3) is 0 Å². The normalized spacial score (nSPS) is 11.7. The minimum atomic E-state index is -1.63. The van der Waals surface area contributed by atoms with Gasteiger partial charge < -0.3 is 0 Å². The van der Waals surface area contributed by atoms with E-state index in [1.165, 1.54) is 89.0 Å². The predicted octanol–water partition coefficient (Wildman–Crippen LogP) is 8.61. The summed E-state index contributed by atoms with van der Waals surface area (Å²) in [5.41, 5.74) is 14.9. The van der Waals surface area contributed by atoms with E-state index in [-0.39, 0.29) is 0 Å². The average Bonchev–Trinajstić information content (AvgIpc) is 2.93. The fourth-order valence-electron chi connectivity index (χ4n) is 6.09. The fraction of sp³-hybridized carbons (Fsp3) is 0.278. The molecular weight excluding hydrogens is 489 g/mol. The van der Waals surface area contributed by atoms with Crippen LogP contribution in [0.3, 0.4) is 0 Å². The Hall–Kier alpha value is -3.31. The molecule has 0 radical (unpaired) electrons. The molecule has 0 N–H and O–H groups in total. The highest BCUT2D eigenvalue weighted by molar-refractivity contribution is 6.87. The van der Waals surface area contributed by atoms with E-state index in [9.17, 15) is 0 Å². The number of benzene rings is 5. The Bertz CT molecular complexity index is 1760. The summed E-state index contributed by atoms with van der Waals surface area (Å²) in [5.74, 6) is 7.46. The van der Waals surface area contributed by atoms with E-state index >= 15 is 0 Å². The summed E-state index contributed by atoms with van der Waals surface area (Å²) in [6.45, 7) is 15.9. The molecule has 0 saturated carbocycles. The summed E-state index contributed by atoms with van der Waals surface area (Å²) in [6.07, 6.45) is 0. The van der Waals surface area contributed by atoms with Crippen molar-refractivity contribution in [3.63, 3.8) is 0 Å². The van der Waals surface area contributed by atoms with Crippen LogP contribution in [0.5, 0.6) is 0 Å². The molecule has 0 aliphatic heterocycles. The SMILES string of the molecule is CC[Si](C#Cc1c2cc3c(C)ccc(C)c3cc2c(C#C[SiH3])c2cc3c(C)ccc(C)c3cc12)(CC)CC. The van der Waals surface area contributed by atoms with Gasteiger partial charge in [-0.15, -0.1) is 11.1 Å². The van der Waals surface area contributed by atoms with Crippen LogP contribution in [0.4, 0.5) is 0 Å². The summed E-state index contributed by atoms with van der Waals surface area (Å²) < 4.78 is 0. The molecule has 0 amide bonds. The molecule has 2 heteroatoms. The van der Waals surface area contributed by atoms with Gasteiger partial charge in [-0.2, -0.15) is 0 Å². The summed E-state index contributed by atoms with van der Waals surface area (Å²) in [4.78, 5) is 0. The average molecular weight is 527 g/mol. The van der Waals surface area contributed by atoms with Gasteiger partial charge in [-0.1, -0.05) is 56.9 Å². The monoisotopic (exact) mass is 526 g/mol. The minimum absolute atomic E-state index is 0.848. The lowest BCUT2D eigenvalue weighted by atomic mass is 9.86. The number of hydrogen-bond donors (Lipinski definition) is 0. The highest BCUT2D eigenvalue weighted by Crippen LogP contribution is 2.39. The molecule has 0 fully saturated rings. The predicted molar refractivity (Wildman–Crippen MR) is 176 cm³/mol. The maximum Gasteiger partial charge on any atom is 0.138 e. The number of hydrogen-bond acceptors (Lipinski definition) is 0. The van der Waals surface area contributed by atoms with E-state index in [0.717, 1.165) is 15.8 Å². The molecule has 0 aromatic heterocycles. The molecule has 0 saturated heterocycles. The first kappa shape index (κ1) is 26.3. The van der Waals surface area contributed by atoms with Crippen molar-refractivity contribution in [2.45, 2.75) is 66.6 Å². The molecule has 0 unspecified atom stereocenters. The lowest BCUT2D eigenvalue weighted by Crippen LogP contribution is -2.29. The summed E-state index contributed by atoms with van der Waals surface area (Å²) in [5, 5.41) is 10.3. The van der Waals surface area contributed by atoms with Gasteiger partial charge in [0, 0.05) is 11.1 Å². The molecule has 0 nitrogen and oxygen atoms in total. The summed E-state index contributed by atoms with van der Waals surface area (Å²) in [7, 11) is -0.786. The van der Waals surface area contributed by atoms with Crippen molar-refractivity contribution in [1.29, 1.82) is 0 Å². The number of fused-ring (bicyclic) bond motifs is 4. The molecule has 0 spiro atoms. The fourth-order valence-corrected chi connectivity index (χ4v) is 8.76. The van der Waals surface area contributed by atoms with E-state index in [4.69, 9.17) is 0 Å². The highest BCUT2D eigenvalue weighted by Gasteiger charge is 2.25. The van der Waals surface area contributed by atoms with Crippen molar-refractivity contribution in [3.8, 4) is 22.9 Å². The van der Waals surface area contributed by atoms with Crippen LogP contribution in [0.2, 0.25) is 18.1 Å². The third-order valence-electron chi connectivity index (χ3n) is 8.99. The van der Waals surface area contributed by atoms with Gasteiger partial charge in [-0.25, -0.2) is 0 Å². The first-order valence-corrected chi connectivity index (χ1v) is 17.7. The van der Waals surface area contributed by atoms with Crippen LogP contribution in [-0.2, 0) is 0 Å². The van der Waals surface area contributed by atoms with Crippen molar-refractivity contribution in [3.05, 3.63) is 81.9 Å². The van der Waals surface area contributed by atoms with Crippen molar-refractivity contribution >= 4 is 61.4 Å². The van der Waals surface area contributed by atoms with E-state index in [0.29, 0.717) is 0 Å². The van der Waals surface area contributed by atoms with E-state index in [1.807, 2.05) is 0 Å². The van der Waals surface area contributed by atoms with Crippen molar-refractivity contribution in [1.82, 2.24) is 0 Å². The van der Waals surface area contributed by atoms with E-state index in [2.05, 4.69) is 120 Å². The van der Waals surface area contributed by atoms with Gasteiger partial charge in [0.1, 0.15) is 8.07 Å². The van der Waals surface area contributed by atoms with Gasteiger partial charge in [-0.05, 0) is 135 Å². The quantitative estimate of drug-likeness (QED) is 0.125. The van der Waals surface area contributed by atoms with Crippen LogP contribution in [0, 0.1) is 50.6 Å². The van der Waals surface area contributed by atoms with Crippen molar-refractivity contribution in [2.75, 3.05) is 0 Å². The molecule has 5 rings (SSSR count). The van der Waals surface area contributed by atoms with E-state index in [1.54, 1.807) is 0 Å². The Labute approximate surface area is 232 Å². The Morgan fingerprint density at radius 3 is 1.13 bits per heavy atom. The summed E-state index contributed by atoms with van der Waals surface area (Å²) in [6, 6.07) is 22.2. The minimum Gasteiger partial charge on any atom is -0.138 e. The first-order chi connectivity index (χ1) is 18.3. The van der Waals surface area contributed by atoms with Gasteiger partial charge in [0.05, 0.1) is 10.2 Å². The number of rotatable bonds is 3. The lowest BCUT2D eigenvalue weighted by molar-refractivity contribution is 1.20. The second-order valence-corrected chi connectivity index (χ2v) is 16.4. The van der Waals surface area contributed by atoms with Crippen LogP contribution < -0.4 is 0 Å². The van der Waals surface area contributed by atoms with Crippen LogP contribution in [-0.4, -0.2) is 18.3 Å². The smallest absolute Gasteiger partial charge is 0.138 e. The van der Waals surface area contributed by atoms with Crippen LogP contribution in [0.15, 0.2) is 48.5 Å². The van der Waals surface area contributed by atoms with Crippen LogP contribution in [0.1, 0.15) is 54.2 Å². The first-order valence-electron chi connectivity index (χ1n) is 14.1. The Balaban J connectivity index is 2.08. The van der Waals surface area contributed by atoms with Gasteiger partial charge in [0.15, 0.2) is 0 Å². The Morgan fingerprint density at radius 2 is 0.842 bits per heavy atom. The molecule has 5 aromatic rings. The topological polar surface area (TPSA) is 0 Å². The lowest BCUT2D eigenvalue weighted by Gasteiger charge is -2.20.